The van der Waals surface area contributed by atoms with E-state index in [-0.39, 0.29) is 0 Å². The van der Waals surface area contributed by atoms with Gasteiger partial charge in [-0.15, -0.1) is 0 Å². The zero-order valence-corrected chi connectivity index (χ0v) is 14.9. The zero-order valence-electron chi connectivity index (χ0n) is 14.9. The molecule has 5 fully saturated rings. The molecule has 0 radical (unpaired) electrons. The summed E-state index contributed by atoms with van der Waals surface area (Å²) in [7, 11) is 0. The lowest BCUT2D eigenvalue weighted by molar-refractivity contribution is 0.0150. The Morgan fingerprint density at radius 2 is 1.67 bits per heavy atom. The number of epoxide rings is 2. The lowest BCUT2D eigenvalue weighted by Crippen LogP contribution is -2.25. The molecule has 9 unspecified atom stereocenters. The van der Waals surface area contributed by atoms with E-state index in [0.29, 0.717) is 18.3 Å². The van der Waals surface area contributed by atoms with Crippen molar-refractivity contribution in [2.24, 2.45) is 35.5 Å². The van der Waals surface area contributed by atoms with Crippen molar-refractivity contribution in [3.63, 3.8) is 0 Å². The van der Waals surface area contributed by atoms with Crippen LogP contribution in [0.1, 0.15) is 39.0 Å². The van der Waals surface area contributed by atoms with Crippen molar-refractivity contribution in [1.82, 2.24) is 0 Å². The first-order valence-electron chi connectivity index (χ1n) is 10.2. The van der Waals surface area contributed by atoms with E-state index in [9.17, 15) is 0 Å². The molecule has 2 bridgehead atoms. The predicted octanol–water partition coefficient (Wildman–Crippen LogP) is 2.89. The van der Waals surface area contributed by atoms with Crippen LogP contribution in [0.15, 0.2) is 0 Å². The van der Waals surface area contributed by atoms with E-state index in [0.717, 1.165) is 68.5 Å². The molecular formula is C20H32O4. The minimum atomic E-state index is 0.398. The van der Waals surface area contributed by atoms with Crippen LogP contribution in [0.2, 0.25) is 0 Å². The van der Waals surface area contributed by atoms with Crippen LogP contribution in [-0.2, 0) is 18.9 Å². The van der Waals surface area contributed by atoms with Gasteiger partial charge in [-0.05, 0) is 74.5 Å². The van der Waals surface area contributed by atoms with Crippen molar-refractivity contribution >= 4 is 0 Å². The summed E-state index contributed by atoms with van der Waals surface area (Å²) in [5.41, 5.74) is 0. The lowest BCUT2D eigenvalue weighted by atomic mass is 9.75. The number of ether oxygens (including phenoxy) is 4. The molecule has 0 aromatic carbocycles. The molecule has 0 amide bonds. The van der Waals surface area contributed by atoms with Gasteiger partial charge in [-0.25, -0.2) is 0 Å². The Kier molecular flexibility index (Phi) is 4.37. The van der Waals surface area contributed by atoms with Gasteiger partial charge < -0.3 is 18.9 Å². The average Bonchev–Trinajstić information content (AvgIpc) is 3.47. The number of hydrogen-bond acceptors (Lipinski definition) is 4. The highest BCUT2D eigenvalue weighted by atomic mass is 16.6. The van der Waals surface area contributed by atoms with Gasteiger partial charge in [0.1, 0.15) is 12.2 Å². The van der Waals surface area contributed by atoms with Crippen LogP contribution < -0.4 is 0 Å². The van der Waals surface area contributed by atoms with E-state index < -0.39 is 0 Å². The maximum absolute atomic E-state index is 6.08. The zero-order chi connectivity index (χ0) is 16.1. The van der Waals surface area contributed by atoms with Crippen LogP contribution in [-0.4, -0.2) is 51.3 Å². The van der Waals surface area contributed by atoms with Crippen molar-refractivity contribution in [1.29, 1.82) is 0 Å². The molecule has 24 heavy (non-hydrogen) atoms. The Hall–Kier alpha value is -0.160. The van der Waals surface area contributed by atoms with Gasteiger partial charge in [0, 0.05) is 6.61 Å². The molecule has 136 valence electrons. The highest BCUT2D eigenvalue weighted by Gasteiger charge is 2.56. The minimum absolute atomic E-state index is 0.398. The molecule has 0 aromatic heterocycles. The maximum atomic E-state index is 6.08. The second-order valence-corrected chi connectivity index (χ2v) is 9.03. The van der Waals surface area contributed by atoms with Crippen molar-refractivity contribution in [2.75, 3.05) is 33.0 Å². The summed E-state index contributed by atoms with van der Waals surface area (Å²) in [6.07, 6.45) is 8.29. The fourth-order valence-corrected chi connectivity index (χ4v) is 6.14. The first kappa shape index (κ1) is 16.0. The normalized spacial score (nSPS) is 49.4. The standard InChI is InChI=1S/C20H32O4/c1-12(22-9-17-11-24-17)14-5-19-15-4-13(18(7-15)20(19)6-14)2-3-21-8-16-10-23-16/h12-20H,2-11H2,1H3. The fraction of sp³-hybridized carbons (Fsp3) is 1.00. The van der Waals surface area contributed by atoms with Gasteiger partial charge >= 0.3 is 0 Å². The first-order chi connectivity index (χ1) is 11.8. The predicted molar refractivity (Wildman–Crippen MR) is 89.7 cm³/mol. The molecule has 3 saturated carbocycles. The van der Waals surface area contributed by atoms with Gasteiger partial charge in [0.25, 0.3) is 0 Å². The van der Waals surface area contributed by atoms with Crippen LogP contribution in [0.25, 0.3) is 0 Å². The van der Waals surface area contributed by atoms with Gasteiger partial charge in [-0.3, -0.25) is 0 Å². The van der Waals surface area contributed by atoms with Gasteiger partial charge in [0.2, 0.25) is 0 Å². The third-order valence-electron chi connectivity index (χ3n) is 7.59. The van der Waals surface area contributed by atoms with E-state index in [1.165, 1.54) is 32.1 Å². The smallest absolute Gasteiger partial charge is 0.104 e. The summed E-state index contributed by atoms with van der Waals surface area (Å²) in [6, 6.07) is 0. The van der Waals surface area contributed by atoms with Crippen molar-refractivity contribution in [3.05, 3.63) is 0 Å². The number of fused-ring (bicyclic) bond motifs is 5. The monoisotopic (exact) mass is 336 g/mol. The van der Waals surface area contributed by atoms with Crippen LogP contribution in [0, 0.1) is 35.5 Å². The molecule has 2 saturated heterocycles. The van der Waals surface area contributed by atoms with Crippen LogP contribution >= 0.6 is 0 Å². The third-order valence-corrected chi connectivity index (χ3v) is 7.59. The Morgan fingerprint density at radius 3 is 2.46 bits per heavy atom. The molecule has 3 aliphatic carbocycles. The molecule has 4 heteroatoms. The quantitative estimate of drug-likeness (QED) is 0.480. The second-order valence-electron chi connectivity index (χ2n) is 9.03. The summed E-state index contributed by atoms with van der Waals surface area (Å²) in [4.78, 5) is 0. The highest BCUT2D eigenvalue weighted by molar-refractivity contribution is 5.05. The summed E-state index contributed by atoms with van der Waals surface area (Å²) >= 11 is 0. The van der Waals surface area contributed by atoms with E-state index in [1.54, 1.807) is 0 Å². The van der Waals surface area contributed by atoms with Crippen molar-refractivity contribution < 1.29 is 18.9 Å². The van der Waals surface area contributed by atoms with E-state index >= 15 is 0 Å². The summed E-state index contributed by atoms with van der Waals surface area (Å²) in [5.74, 6) is 5.66. The molecule has 0 N–H and O–H groups in total. The Morgan fingerprint density at radius 1 is 0.917 bits per heavy atom. The first-order valence-corrected chi connectivity index (χ1v) is 10.2. The summed E-state index contributed by atoms with van der Waals surface area (Å²) < 4.78 is 22.4. The van der Waals surface area contributed by atoms with Gasteiger partial charge in [-0.1, -0.05) is 0 Å². The van der Waals surface area contributed by atoms with Crippen LogP contribution in [0.4, 0.5) is 0 Å². The third kappa shape index (κ3) is 3.27. The molecule has 0 spiro atoms. The molecule has 5 rings (SSSR count). The average molecular weight is 336 g/mol. The molecule has 0 aromatic rings. The second kappa shape index (κ2) is 6.53. The van der Waals surface area contributed by atoms with Crippen LogP contribution in [0.5, 0.6) is 0 Å². The number of rotatable bonds is 9. The molecule has 5 aliphatic rings. The summed E-state index contributed by atoms with van der Waals surface area (Å²) in [5, 5.41) is 0. The topological polar surface area (TPSA) is 43.5 Å². The molecule has 4 nitrogen and oxygen atoms in total. The summed E-state index contributed by atoms with van der Waals surface area (Å²) in [6.45, 7) is 6.67. The maximum Gasteiger partial charge on any atom is 0.104 e. The van der Waals surface area contributed by atoms with Crippen molar-refractivity contribution in [3.8, 4) is 0 Å². The van der Waals surface area contributed by atoms with Crippen molar-refractivity contribution in [2.45, 2.75) is 57.3 Å². The molecule has 2 heterocycles. The Labute approximate surface area is 145 Å². The van der Waals surface area contributed by atoms with E-state index in [4.69, 9.17) is 18.9 Å². The van der Waals surface area contributed by atoms with E-state index in [2.05, 4.69) is 6.92 Å². The van der Waals surface area contributed by atoms with Gasteiger partial charge in [0.05, 0.1) is 32.5 Å². The van der Waals surface area contributed by atoms with Gasteiger partial charge in [-0.2, -0.15) is 0 Å². The largest absolute Gasteiger partial charge is 0.379 e. The van der Waals surface area contributed by atoms with E-state index in [1.807, 2.05) is 0 Å². The molecule has 9 atom stereocenters. The fourth-order valence-electron chi connectivity index (χ4n) is 6.14. The van der Waals surface area contributed by atoms with Gasteiger partial charge in [0.15, 0.2) is 0 Å². The lowest BCUT2D eigenvalue weighted by Gasteiger charge is -2.31. The molecule has 2 aliphatic heterocycles. The Bertz CT molecular complexity index is 447. The molecular weight excluding hydrogens is 304 g/mol. The SMILES string of the molecule is CC(OCC1CO1)C1CC2C3CC(CCOCC4CO4)C(C3)C2C1. The van der Waals surface area contributed by atoms with Crippen LogP contribution in [0.3, 0.4) is 0 Å². The number of hydrogen-bond donors (Lipinski definition) is 0. The highest BCUT2D eigenvalue weighted by Crippen LogP contribution is 2.63. The minimum Gasteiger partial charge on any atom is -0.379 e. The Balaban J connectivity index is 1.09.